The molecule has 1 aromatic carbocycles. The Morgan fingerprint density at radius 3 is 2.68 bits per heavy atom. The number of rotatable bonds is 7. The molecule has 4 heterocycles. The summed E-state index contributed by atoms with van der Waals surface area (Å²) in [5, 5.41) is 7.80. The molecule has 5 rings (SSSR count). The van der Waals surface area contributed by atoms with Crippen molar-refractivity contribution in [3.05, 3.63) is 52.4 Å². The van der Waals surface area contributed by atoms with E-state index in [1.807, 2.05) is 26.8 Å². The number of ether oxygens (including phenoxy) is 1. The number of fused-ring (bicyclic) bond motifs is 2. The Morgan fingerprint density at radius 1 is 1.18 bits per heavy atom. The monoisotopic (exact) mass is 581 g/mol. The minimum atomic E-state index is -0.536. The number of carbonyl (C=O) groups excluding carboxylic acids is 1. The van der Waals surface area contributed by atoms with Gasteiger partial charge in [0.2, 0.25) is 11.9 Å². The van der Waals surface area contributed by atoms with Gasteiger partial charge in [-0.1, -0.05) is 12.6 Å². The van der Waals surface area contributed by atoms with Crippen LogP contribution in [-0.2, 0) is 16.1 Å². The first-order valence-electron chi connectivity index (χ1n) is 12.5. The van der Waals surface area contributed by atoms with Gasteiger partial charge in [0.15, 0.2) is 5.65 Å². The average Bonchev–Trinajstić information content (AvgIpc) is 3.44. The third kappa shape index (κ3) is 5.81. The molecule has 0 amide bonds. The topological polar surface area (TPSA) is 117 Å². The van der Waals surface area contributed by atoms with Gasteiger partial charge in [0, 0.05) is 38.3 Å². The molecule has 0 radical (unpaired) electrons. The summed E-state index contributed by atoms with van der Waals surface area (Å²) in [6, 6.07) is 6.15. The van der Waals surface area contributed by atoms with Crippen LogP contribution in [0.25, 0.3) is 16.7 Å². The van der Waals surface area contributed by atoms with Crippen molar-refractivity contribution >= 4 is 50.5 Å². The summed E-state index contributed by atoms with van der Waals surface area (Å²) in [7, 11) is 0. The summed E-state index contributed by atoms with van der Waals surface area (Å²) in [4.78, 5) is 34.3. The number of anilines is 2. The number of benzene rings is 1. The normalized spacial score (nSPS) is 14.8. The molecule has 12 heteroatoms. The third-order valence-electron chi connectivity index (χ3n) is 6.17. The summed E-state index contributed by atoms with van der Waals surface area (Å²) in [5.74, 6) is 1.65. The zero-order chi connectivity index (χ0) is 27.0. The molecule has 1 fully saturated rings. The number of aromatic amines is 1. The lowest BCUT2D eigenvalue weighted by molar-refractivity contribution is -0.150. The fourth-order valence-corrected chi connectivity index (χ4v) is 4.66. The molecule has 2 N–H and O–H groups in total. The van der Waals surface area contributed by atoms with Gasteiger partial charge >= 0.3 is 5.97 Å². The fraction of sp³-hybridized carbons (Fsp3) is 0.423. The number of carbonyl (C=O) groups is 1. The van der Waals surface area contributed by atoms with Crippen LogP contribution in [0.15, 0.2) is 41.0 Å². The molecule has 200 valence electrons. The number of halogens is 1. The highest BCUT2D eigenvalue weighted by Gasteiger charge is 2.25. The largest absolute Gasteiger partial charge is 0.457 e. The van der Waals surface area contributed by atoms with Crippen molar-refractivity contribution in [3.8, 4) is 0 Å². The van der Waals surface area contributed by atoms with E-state index in [2.05, 4.69) is 71.7 Å². The van der Waals surface area contributed by atoms with Crippen LogP contribution in [0.2, 0.25) is 0 Å². The maximum atomic E-state index is 12.3. The fourth-order valence-electron chi connectivity index (χ4n) is 4.31. The summed E-state index contributed by atoms with van der Waals surface area (Å²) < 4.78 is 7.91. The number of H-pyrrole nitrogens is 1. The number of hydrogen-bond acceptors (Lipinski definition) is 9. The van der Waals surface area contributed by atoms with Crippen LogP contribution in [0.5, 0.6) is 0 Å². The first-order valence-corrected chi connectivity index (χ1v) is 13.3. The molecule has 0 unspecified atom stereocenters. The van der Waals surface area contributed by atoms with Crippen molar-refractivity contribution in [3.63, 3.8) is 0 Å². The van der Waals surface area contributed by atoms with E-state index in [1.54, 1.807) is 10.7 Å². The number of hydrogen-bond donors (Lipinski definition) is 2. The summed E-state index contributed by atoms with van der Waals surface area (Å²) in [6.07, 6.45) is 1.71. The highest BCUT2D eigenvalue weighted by Crippen LogP contribution is 2.23. The third-order valence-corrected chi connectivity index (χ3v) is 6.73. The Kier molecular flexibility index (Phi) is 7.10. The maximum absolute atomic E-state index is 12.3. The smallest absolute Gasteiger partial charge is 0.335 e. The van der Waals surface area contributed by atoms with E-state index in [4.69, 9.17) is 14.7 Å². The molecule has 0 spiro atoms. The van der Waals surface area contributed by atoms with Gasteiger partial charge in [-0.2, -0.15) is 19.6 Å². The van der Waals surface area contributed by atoms with Gasteiger partial charge < -0.3 is 19.9 Å². The van der Waals surface area contributed by atoms with E-state index >= 15 is 0 Å². The van der Waals surface area contributed by atoms with Gasteiger partial charge in [-0.15, -0.1) is 0 Å². The minimum absolute atomic E-state index is 0.352. The first kappa shape index (κ1) is 26.1. The van der Waals surface area contributed by atoms with Crippen LogP contribution in [0.4, 0.5) is 11.9 Å². The average molecular weight is 583 g/mol. The van der Waals surface area contributed by atoms with E-state index in [1.165, 1.54) is 5.56 Å². The Labute approximate surface area is 229 Å². The summed E-state index contributed by atoms with van der Waals surface area (Å²) >= 11 is 3.56. The molecule has 1 aliphatic heterocycles. The van der Waals surface area contributed by atoms with Crippen molar-refractivity contribution in [2.24, 2.45) is 0 Å². The molecule has 0 atom stereocenters. The Balaban J connectivity index is 1.27. The number of aryl methyl sites for hydroxylation is 1. The molecule has 0 saturated carbocycles. The van der Waals surface area contributed by atoms with Crippen LogP contribution in [0, 0.1) is 6.92 Å². The number of imidazole rings is 1. The van der Waals surface area contributed by atoms with Crippen molar-refractivity contribution < 1.29 is 9.53 Å². The molecule has 11 nitrogen and oxygen atoms in total. The van der Waals surface area contributed by atoms with Crippen molar-refractivity contribution in [1.82, 2.24) is 34.4 Å². The molecule has 3 aromatic heterocycles. The van der Waals surface area contributed by atoms with Crippen molar-refractivity contribution in [2.75, 3.05) is 42.9 Å². The minimum Gasteiger partial charge on any atom is -0.457 e. The number of nitrogens with one attached hydrogen (secondary N) is 2. The standard InChI is InChI=1S/C26H32BrN9O2/c1-16-6-7-19-20(12-16)31-21(30-19)14-28-24-33-25(32-22-18(27)13-29-36(22)24)35-10-8-34(9-11-35)15-17(2)23(37)38-26(3,4)5/h6-7,12-13H,2,8-11,14-15H2,1,3-5H3,(H,30,31)(H,28,32,33). The highest BCUT2D eigenvalue weighted by molar-refractivity contribution is 9.10. The molecule has 1 aliphatic rings. The van der Waals surface area contributed by atoms with Gasteiger partial charge in [0.1, 0.15) is 11.4 Å². The highest BCUT2D eigenvalue weighted by atomic mass is 79.9. The van der Waals surface area contributed by atoms with Crippen LogP contribution < -0.4 is 10.2 Å². The Morgan fingerprint density at radius 2 is 1.95 bits per heavy atom. The van der Waals surface area contributed by atoms with E-state index in [0.29, 0.717) is 49.3 Å². The van der Waals surface area contributed by atoms with E-state index in [9.17, 15) is 4.79 Å². The number of piperazine rings is 1. The lowest BCUT2D eigenvalue weighted by Crippen LogP contribution is -2.48. The second-order valence-electron chi connectivity index (χ2n) is 10.5. The zero-order valence-electron chi connectivity index (χ0n) is 22.1. The van der Waals surface area contributed by atoms with E-state index in [0.717, 1.165) is 34.4 Å². The Bertz CT molecular complexity index is 1500. The number of aromatic nitrogens is 6. The molecular formula is C26H32BrN9O2. The van der Waals surface area contributed by atoms with E-state index < -0.39 is 5.60 Å². The number of nitrogens with zero attached hydrogens (tertiary/aromatic N) is 7. The van der Waals surface area contributed by atoms with E-state index in [-0.39, 0.29) is 5.97 Å². The van der Waals surface area contributed by atoms with Crippen LogP contribution in [0.3, 0.4) is 0 Å². The molecule has 1 saturated heterocycles. The van der Waals surface area contributed by atoms with Crippen molar-refractivity contribution in [2.45, 2.75) is 39.8 Å². The van der Waals surface area contributed by atoms with Crippen molar-refractivity contribution in [1.29, 1.82) is 0 Å². The van der Waals surface area contributed by atoms with Crippen LogP contribution >= 0.6 is 15.9 Å². The van der Waals surface area contributed by atoms with Crippen LogP contribution in [0.1, 0.15) is 32.2 Å². The van der Waals surface area contributed by atoms with Gasteiger partial charge in [0.05, 0.1) is 28.2 Å². The van der Waals surface area contributed by atoms with Gasteiger partial charge in [-0.3, -0.25) is 4.90 Å². The lowest BCUT2D eigenvalue weighted by atomic mass is 10.2. The van der Waals surface area contributed by atoms with Gasteiger partial charge in [-0.05, 0) is 61.3 Å². The second kappa shape index (κ2) is 10.3. The maximum Gasteiger partial charge on any atom is 0.335 e. The second-order valence-corrected chi connectivity index (χ2v) is 11.4. The molecule has 0 aliphatic carbocycles. The Hall–Kier alpha value is -3.51. The summed E-state index contributed by atoms with van der Waals surface area (Å²) in [6.45, 7) is 15.4. The summed E-state index contributed by atoms with van der Waals surface area (Å²) in [5.41, 5.74) is 3.71. The first-order chi connectivity index (χ1) is 18.1. The molecule has 4 aromatic rings. The predicted octanol–water partition coefficient (Wildman–Crippen LogP) is 3.70. The zero-order valence-corrected chi connectivity index (χ0v) is 23.7. The molecule has 0 bridgehead atoms. The van der Waals surface area contributed by atoms with Crippen LogP contribution in [-0.4, -0.2) is 78.7 Å². The van der Waals surface area contributed by atoms with Gasteiger partial charge in [0.25, 0.3) is 0 Å². The predicted molar refractivity (Wildman–Crippen MR) is 150 cm³/mol. The lowest BCUT2D eigenvalue weighted by Gasteiger charge is -2.35. The molecule has 38 heavy (non-hydrogen) atoms. The molecular weight excluding hydrogens is 550 g/mol. The quantitative estimate of drug-likeness (QED) is 0.249. The SMILES string of the molecule is C=C(CN1CCN(c2nc(NCc3nc4ccc(C)cc4[nH]3)n3ncc(Br)c3n2)CC1)C(=O)OC(C)(C)C. The van der Waals surface area contributed by atoms with Gasteiger partial charge in [-0.25, -0.2) is 9.78 Å². The number of esters is 1.